The second-order valence-corrected chi connectivity index (χ2v) is 4.08. The lowest BCUT2D eigenvalue weighted by atomic mass is 10.4. The predicted octanol–water partition coefficient (Wildman–Crippen LogP) is 0.578. The van der Waals surface area contributed by atoms with Gasteiger partial charge in [-0.2, -0.15) is 0 Å². The van der Waals surface area contributed by atoms with Crippen LogP contribution in [0.15, 0.2) is 24.0 Å². The minimum absolute atomic E-state index is 0.0278. The monoisotopic (exact) mass is 302 g/mol. The SMILES string of the molecule is CC(C)=COC(=O)/C=C\C(=O)OCCOCCOCCO. The first-order valence-electron chi connectivity index (χ1n) is 6.51. The number of ether oxygens (including phenoxy) is 4. The Bertz CT molecular complexity index is 356. The lowest BCUT2D eigenvalue weighted by Gasteiger charge is -2.04. The summed E-state index contributed by atoms with van der Waals surface area (Å²) in [4.78, 5) is 22.4. The van der Waals surface area contributed by atoms with Crippen molar-refractivity contribution in [3.63, 3.8) is 0 Å². The van der Waals surface area contributed by atoms with Gasteiger partial charge in [-0.25, -0.2) is 9.59 Å². The molecular formula is C14H22O7. The normalized spacial score (nSPS) is 10.4. The summed E-state index contributed by atoms with van der Waals surface area (Å²) < 4.78 is 19.6. The largest absolute Gasteiger partial charge is 0.460 e. The second-order valence-electron chi connectivity index (χ2n) is 4.08. The molecule has 7 nitrogen and oxygen atoms in total. The number of hydrogen-bond donors (Lipinski definition) is 1. The summed E-state index contributed by atoms with van der Waals surface area (Å²) in [5, 5.41) is 8.45. The number of carbonyl (C=O) groups is 2. The molecule has 7 heteroatoms. The zero-order valence-corrected chi connectivity index (χ0v) is 12.4. The van der Waals surface area contributed by atoms with Gasteiger partial charge in [0, 0.05) is 12.2 Å². The molecule has 0 aromatic carbocycles. The summed E-state index contributed by atoms with van der Waals surface area (Å²) in [5.74, 6) is -1.30. The zero-order chi connectivity index (χ0) is 15.9. The topological polar surface area (TPSA) is 91.3 Å². The molecule has 0 fully saturated rings. The molecule has 0 unspecified atom stereocenters. The van der Waals surface area contributed by atoms with E-state index in [0.717, 1.165) is 17.7 Å². The van der Waals surface area contributed by atoms with Gasteiger partial charge in [-0.05, 0) is 19.4 Å². The maximum atomic E-state index is 11.2. The molecule has 0 atom stereocenters. The average molecular weight is 302 g/mol. The van der Waals surface area contributed by atoms with E-state index < -0.39 is 11.9 Å². The first-order chi connectivity index (χ1) is 10.1. The van der Waals surface area contributed by atoms with Gasteiger partial charge >= 0.3 is 11.9 Å². The van der Waals surface area contributed by atoms with Crippen molar-refractivity contribution in [1.82, 2.24) is 0 Å². The third-order valence-corrected chi connectivity index (χ3v) is 1.85. The van der Waals surface area contributed by atoms with E-state index in [1.54, 1.807) is 13.8 Å². The number of aliphatic hydroxyl groups excluding tert-OH is 1. The molecule has 21 heavy (non-hydrogen) atoms. The van der Waals surface area contributed by atoms with Crippen LogP contribution in [-0.4, -0.2) is 56.7 Å². The average Bonchev–Trinajstić information content (AvgIpc) is 2.45. The van der Waals surface area contributed by atoms with Crippen molar-refractivity contribution in [3.05, 3.63) is 24.0 Å². The molecule has 0 aromatic heterocycles. The molecule has 120 valence electrons. The molecule has 0 saturated carbocycles. The van der Waals surface area contributed by atoms with Gasteiger partial charge in [0.2, 0.25) is 0 Å². The number of hydrogen-bond acceptors (Lipinski definition) is 7. The van der Waals surface area contributed by atoms with Crippen molar-refractivity contribution < 1.29 is 33.6 Å². The van der Waals surface area contributed by atoms with Crippen molar-refractivity contribution in [2.45, 2.75) is 13.8 Å². The molecule has 0 aliphatic heterocycles. The molecule has 0 aliphatic rings. The van der Waals surface area contributed by atoms with Crippen molar-refractivity contribution in [1.29, 1.82) is 0 Å². The summed E-state index contributed by atoms with van der Waals surface area (Å²) >= 11 is 0. The van der Waals surface area contributed by atoms with E-state index >= 15 is 0 Å². The lowest BCUT2D eigenvalue weighted by Crippen LogP contribution is -2.12. The van der Waals surface area contributed by atoms with E-state index in [0.29, 0.717) is 13.2 Å². The van der Waals surface area contributed by atoms with Crippen LogP contribution in [0.5, 0.6) is 0 Å². The number of esters is 2. The molecule has 0 heterocycles. The van der Waals surface area contributed by atoms with Crippen LogP contribution < -0.4 is 0 Å². The van der Waals surface area contributed by atoms with Crippen LogP contribution in [0.1, 0.15) is 13.8 Å². The number of carbonyl (C=O) groups excluding carboxylic acids is 2. The van der Waals surface area contributed by atoms with Gasteiger partial charge in [-0.15, -0.1) is 0 Å². The molecule has 0 bridgehead atoms. The van der Waals surface area contributed by atoms with Gasteiger partial charge in [0.05, 0.1) is 39.3 Å². The van der Waals surface area contributed by atoms with Crippen LogP contribution in [0.2, 0.25) is 0 Å². The van der Waals surface area contributed by atoms with Gasteiger partial charge in [0.25, 0.3) is 0 Å². The molecule has 0 rings (SSSR count). The van der Waals surface area contributed by atoms with Gasteiger partial charge in [-0.3, -0.25) is 0 Å². The number of aliphatic hydroxyl groups is 1. The van der Waals surface area contributed by atoms with Gasteiger partial charge in [-0.1, -0.05) is 0 Å². The highest BCUT2D eigenvalue weighted by atomic mass is 16.6. The highest BCUT2D eigenvalue weighted by Crippen LogP contribution is 1.92. The quantitative estimate of drug-likeness (QED) is 0.258. The first-order valence-corrected chi connectivity index (χ1v) is 6.51. The lowest BCUT2D eigenvalue weighted by molar-refractivity contribution is -0.140. The van der Waals surface area contributed by atoms with Gasteiger partial charge in [0.15, 0.2) is 0 Å². The standard InChI is InChI=1S/C14H22O7/c1-12(2)11-21-14(17)4-3-13(16)20-10-9-19-8-7-18-6-5-15/h3-4,11,15H,5-10H2,1-2H3/b4-3-. The van der Waals surface area contributed by atoms with Crippen molar-refractivity contribution >= 4 is 11.9 Å². The molecule has 1 N–H and O–H groups in total. The molecule has 0 saturated heterocycles. The Morgan fingerprint density at radius 3 is 2.10 bits per heavy atom. The maximum Gasteiger partial charge on any atom is 0.335 e. The molecule has 0 aliphatic carbocycles. The van der Waals surface area contributed by atoms with Crippen LogP contribution >= 0.6 is 0 Å². The van der Waals surface area contributed by atoms with Crippen molar-refractivity contribution in [2.24, 2.45) is 0 Å². The Balaban J connectivity index is 3.57. The summed E-state index contributed by atoms with van der Waals surface area (Å²) in [6.07, 6.45) is 3.28. The fourth-order valence-corrected chi connectivity index (χ4v) is 0.987. The van der Waals surface area contributed by atoms with E-state index in [2.05, 4.69) is 0 Å². The molecule has 0 aromatic rings. The van der Waals surface area contributed by atoms with Gasteiger partial charge in [0.1, 0.15) is 6.61 Å². The minimum Gasteiger partial charge on any atom is -0.460 e. The fraction of sp³-hybridized carbons (Fsp3) is 0.571. The van der Waals surface area contributed by atoms with E-state index in [4.69, 9.17) is 24.1 Å². The Morgan fingerprint density at radius 1 is 0.905 bits per heavy atom. The highest BCUT2D eigenvalue weighted by molar-refractivity contribution is 5.91. The van der Waals surface area contributed by atoms with Crippen LogP contribution in [0.25, 0.3) is 0 Å². The van der Waals surface area contributed by atoms with E-state index in [9.17, 15) is 9.59 Å². The Labute approximate surface area is 124 Å². The Kier molecular flexibility index (Phi) is 12.2. The maximum absolute atomic E-state index is 11.2. The number of rotatable bonds is 11. The first kappa shape index (κ1) is 19.3. The van der Waals surface area contributed by atoms with E-state index in [-0.39, 0.29) is 26.4 Å². The fourth-order valence-electron chi connectivity index (χ4n) is 0.987. The summed E-state index contributed by atoms with van der Waals surface area (Å²) in [6.45, 7) is 4.82. The third-order valence-electron chi connectivity index (χ3n) is 1.85. The summed E-state index contributed by atoms with van der Waals surface area (Å²) in [5.41, 5.74) is 0.833. The second kappa shape index (κ2) is 13.3. The Morgan fingerprint density at radius 2 is 1.48 bits per heavy atom. The molecule has 0 spiro atoms. The molecule has 0 radical (unpaired) electrons. The minimum atomic E-state index is -0.649. The van der Waals surface area contributed by atoms with Crippen LogP contribution in [0, 0.1) is 0 Å². The Hall–Kier alpha value is -1.70. The molecule has 0 amide bonds. The van der Waals surface area contributed by atoms with Crippen molar-refractivity contribution in [3.8, 4) is 0 Å². The predicted molar refractivity (Wildman–Crippen MR) is 74.3 cm³/mol. The highest BCUT2D eigenvalue weighted by Gasteiger charge is 2.00. The molecular weight excluding hydrogens is 280 g/mol. The summed E-state index contributed by atoms with van der Waals surface area (Å²) in [7, 11) is 0. The van der Waals surface area contributed by atoms with Crippen molar-refractivity contribution in [2.75, 3.05) is 39.6 Å². The third kappa shape index (κ3) is 14.5. The van der Waals surface area contributed by atoms with Crippen LogP contribution in [0.4, 0.5) is 0 Å². The smallest absolute Gasteiger partial charge is 0.335 e. The zero-order valence-electron chi connectivity index (χ0n) is 12.4. The van der Waals surface area contributed by atoms with E-state index in [1.807, 2.05) is 0 Å². The van der Waals surface area contributed by atoms with Crippen LogP contribution in [-0.2, 0) is 28.5 Å². The summed E-state index contributed by atoms with van der Waals surface area (Å²) in [6, 6.07) is 0. The van der Waals surface area contributed by atoms with E-state index in [1.165, 1.54) is 6.26 Å². The number of allylic oxidation sites excluding steroid dienone is 1. The van der Waals surface area contributed by atoms with Crippen LogP contribution in [0.3, 0.4) is 0 Å². The van der Waals surface area contributed by atoms with Gasteiger partial charge < -0.3 is 24.1 Å².